The Morgan fingerprint density at radius 1 is 1.00 bits per heavy atom. The van der Waals surface area contributed by atoms with Crippen LogP contribution in [0.15, 0.2) is 36.5 Å². The molecule has 0 unspecified atom stereocenters. The van der Waals surface area contributed by atoms with Gasteiger partial charge in [-0.15, -0.1) is 0 Å². The van der Waals surface area contributed by atoms with Gasteiger partial charge in [0.2, 0.25) is 0 Å². The van der Waals surface area contributed by atoms with Crippen LogP contribution >= 0.6 is 11.6 Å². The third-order valence-electron chi connectivity index (χ3n) is 3.77. The minimum atomic E-state index is 0.581. The molecule has 0 N–H and O–H groups in total. The Labute approximate surface area is 121 Å². The normalized spacial score (nSPS) is 13.7. The third kappa shape index (κ3) is 1.78. The van der Waals surface area contributed by atoms with Crippen molar-refractivity contribution >= 4 is 22.4 Å². The zero-order chi connectivity index (χ0) is 13.5. The average Bonchev–Trinajstić information content (AvgIpc) is 2.95. The number of hydrogen-bond donors (Lipinski definition) is 0. The highest BCUT2D eigenvalue weighted by atomic mass is 35.5. The highest BCUT2D eigenvalue weighted by Crippen LogP contribution is 2.30. The van der Waals surface area contributed by atoms with Crippen LogP contribution in [0.5, 0.6) is 0 Å². The van der Waals surface area contributed by atoms with Crippen molar-refractivity contribution in [3.63, 3.8) is 0 Å². The van der Waals surface area contributed by atoms with Gasteiger partial charge >= 0.3 is 0 Å². The summed E-state index contributed by atoms with van der Waals surface area (Å²) in [5, 5.41) is 2.78. The SMILES string of the molecule is Clc1nc(-c2nccc3ccccc23)nc2c1CCC2. The fraction of sp³-hybridized carbons (Fsp3) is 0.188. The molecule has 3 nitrogen and oxygen atoms in total. The van der Waals surface area contributed by atoms with Crippen molar-refractivity contribution in [3.05, 3.63) is 52.9 Å². The summed E-state index contributed by atoms with van der Waals surface area (Å²) in [4.78, 5) is 13.6. The molecule has 0 saturated carbocycles. The molecule has 0 bridgehead atoms. The van der Waals surface area contributed by atoms with Gasteiger partial charge in [-0.25, -0.2) is 9.97 Å². The topological polar surface area (TPSA) is 38.7 Å². The third-order valence-corrected chi connectivity index (χ3v) is 4.08. The fourth-order valence-corrected chi connectivity index (χ4v) is 3.07. The van der Waals surface area contributed by atoms with Gasteiger partial charge in [-0.2, -0.15) is 0 Å². The predicted molar refractivity (Wildman–Crippen MR) is 79.8 cm³/mol. The summed E-state index contributed by atoms with van der Waals surface area (Å²) in [5.41, 5.74) is 2.99. The second-order valence-electron chi connectivity index (χ2n) is 5.00. The van der Waals surface area contributed by atoms with E-state index in [4.69, 9.17) is 11.6 Å². The number of hydrogen-bond acceptors (Lipinski definition) is 3. The van der Waals surface area contributed by atoms with Gasteiger partial charge in [0, 0.05) is 22.8 Å². The summed E-state index contributed by atoms with van der Waals surface area (Å²) in [6.45, 7) is 0. The van der Waals surface area contributed by atoms with Gasteiger partial charge in [-0.1, -0.05) is 35.9 Å². The molecule has 0 fully saturated rings. The molecule has 4 heteroatoms. The second kappa shape index (κ2) is 4.53. The van der Waals surface area contributed by atoms with E-state index in [2.05, 4.69) is 21.0 Å². The molecule has 1 aliphatic carbocycles. The molecule has 0 atom stereocenters. The molecule has 1 aromatic carbocycles. The average molecular weight is 282 g/mol. The lowest BCUT2D eigenvalue weighted by molar-refractivity contribution is 0.899. The van der Waals surface area contributed by atoms with Gasteiger partial charge in [-0.05, 0) is 30.7 Å². The van der Waals surface area contributed by atoms with Crippen molar-refractivity contribution in [1.82, 2.24) is 15.0 Å². The lowest BCUT2D eigenvalue weighted by Gasteiger charge is -2.07. The van der Waals surface area contributed by atoms with E-state index in [9.17, 15) is 0 Å². The zero-order valence-corrected chi connectivity index (χ0v) is 11.6. The lowest BCUT2D eigenvalue weighted by atomic mass is 10.1. The van der Waals surface area contributed by atoms with Gasteiger partial charge in [-0.3, -0.25) is 4.98 Å². The van der Waals surface area contributed by atoms with Crippen molar-refractivity contribution in [3.8, 4) is 11.5 Å². The summed E-state index contributed by atoms with van der Waals surface area (Å²) in [6, 6.07) is 10.1. The molecule has 98 valence electrons. The van der Waals surface area contributed by atoms with Crippen LogP contribution in [-0.4, -0.2) is 15.0 Å². The van der Waals surface area contributed by atoms with Crippen molar-refractivity contribution < 1.29 is 0 Å². The summed E-state index contributed by atoms with van der Waals surface area (Å²) in [5.74, 6) is 0.632. The first-order valence-electron chi connectivity index (χ1n) is 6.72. The molecular formula is C16H12ClN3. The van der Waals surface area contributed by atoms with Crippen LogP contribution < -0.4 is 0 Å². The molecule has 2 aromatic heterocycles. The molecule has 0 saturated heterocycles. The summed E-state index contributed by atoms with van der Waals surface area (Å²) >= 11 is 6.30. The number of rotatable bonds is 1. The highest BCUT2D eigenvalue weighted by molar-refractivity contribution is 6.30. The predicted octanol–water partition coefficient (Wildman–Crippen LogP) is 3.83. The maximum absolute atomic E-state index is 6.30. The maximum Gasteiger partial charge on any atom is 0.180 e. The standard InChI is InChI=1S/C16H12ClN3/c17-15-12-6-3-7-13(12)19-16(20-15)14-11-5-2-1-4-10(11)8-9-18-14/h1-2,4-5,8-9H,3,6-7H2. The summed E-state index contributed by atoms with van der Waals surface area (Å²) < 4.78 is 0. The van der Waals surface area contributed by atoms with Gasteiger partial charge in [0.1, 0.15) is 10.8 Å². The minimum Gasteiger partial charge on any atom is -0.252 e. The fourth-order valence-electron chi connectivity index (χ4n) is 2.79. The maximum atomic E-state index is 6.30. The van der Waals surface area contributed by atoms with Crippen molar-refractivity contribution in [2.24, 2.45) is 0 Å². The Hall–Kier alpha value is -2.00. The molecular weight excluding hydrogens is 270 g/mol. The van der Waals surface area contributed by atoms with E-state index in [0.717, 1.165) is 47.0 Å². The number of nitrogens with zero attached hydrogens (tertiary/aromatic N) is 3. The monoisotopic (exact) mass is 281 g/mol. The lowest BCUT2D eigenvalue weighted by Crippen LogP contribution is -1.99. The van der Waals surface area contributed by atoms with E-state index in [0.29, 0.717) is 11.0 Å². The van der Waals surface area contributed by atoms with Crippen LogP contribution in [0.25, 0.3) is 22.3 Å². The van der Waals surface area contributed by atoms with E-state index in [1.54, 1.807) is 6.20 Å². The summed E-state index contributed by atoms with van der Waals surface area (Å²) in [6.07, 6.45) is 4.87. The smallest absolute Gasteiger partial charge is 0.180 e. The quantitative estimate of drug-likeness (QED) is 0.636. The van der Waals surface area contributed by atoms with Crippen LogP contribution in [0.4, 0.5) is 0 Å². The number of halogens is 1. The minimum absolute atomic E-state index is 0.581. The number of fused-ring (bicyclic) bond motifs is 2. The first kappa shape index (κ1) is 11.8. The summed E-state index contributed by atoms with van der Waals surface area (Å²) in [7, 11) is 0. The number of aryl methyl sites for hydroxylation is 1. The molecule has 0 amide bonds. The molecule has 4 rings (SSSR count). The van der Waals surface area contributed by atoms with Gasteiger partial charge in [0.05, 0.1) is 0 Å². The van der Waals surface area contributed by atoms with E-state index in [-0.39, 0.29) is 0 Å². The van der Waals surface area contributed by atoms with Crippen LogP contribution in [0, 0.1) is 0 Å². The van der Waals surface area contributed by atoms with Crippen molar-refractivity contribution in [2.45, 2.75) is 19.3 Å². The Morgan fingerprint density at radius 3 is 2.85 bits per heavy atom. The first-order chi connectivity index (χ1) is 9.83. The first-order valence-corrected chi connectivity index (χ1v) is 7.10. The Morgan fingerprint density at radius 2 is 1.90 bits per heavy atom. The number of aromatic nitrogens is 3. The molecule has 3 aromatic rings. The van der Waals surface area contributed by atoms with Crippen LogP contribution in [0.3, 0.4) is 0 Å². The highest BCUT2D eigenvalue weighted by Gasteiger charge is 2.19. The van der Waals surface area contributed by atoms with Crippen LogP contribution in [-0.2, 0) is 12.8 Å². The molecule has 0 radical (unpaired) electrons. The second-order valence-corrected chi connectivity index (χ2v) is 5.36. The van der Waals surface area contributed by atoms with Crippen LogP contribution in [0.1, 0.15) is 17.7 Å². The zero-order valence-electron chi connectivity index (χ0n) is 10.8. The van der Waals surface area contributed by atoms with E-state index in [1.165, 1.54) is 0 Å². The Bertz CT molecular complexity index is 809. The number of benzene rings is 1. The molecule has 0 aliphatic heterocycles. The van der Waals surface area contributed by atoms with Gasteiger partial charge in [0.15, 0.2) is 5.82 Å². The Balaban J connectivity index is 1.98. The van der Waals surface area contributed by atoms with Crippen molar-refractivity contribution in [2.75, 3.05) is 0 Å². The Kier molecular flexibility index (Phi) is 2.67. The largest absolute Gasteiger partial charge is 0.252 e. The molecule has 0 spiro atoms. The van der Waals surface area contributed by atoms with Crippen LogP contribution in [0.2, 0.25) is 5.15 Å². The molecule has 20 heavy (non-hydrogen) atoms. The van der Waals surface area contributed by atoms with E-state index >= 15 is 0 Å². The van der Waals surface area contributed by atoms with Gasteiger partial charge < -0.3 is 0 Å². The van der Waals surface area contributed by atoms with E-state index < -0.39 is 0 Å². The van der Waals surface area contributed by atoms with E-state index in [1.807, 2.05) is 24.3 Å². The molecule has 1 aliphatic rings. The van der Waals surface area contributed by atoms with Crippen molar-refractivity contribution in [1.29, 1.82) is 0 Å². The molecule has 2 heterocycles. The van der Waals surface area contributed by atoms with Gasteiger partial charge in [0.25, 0.3) is 0 Å². The number of pyridine rings is 1.